The standard InChI is InChI=1S/C24H33N3O2S/c1-4-17-10-8-9-12-19(17)26-23(29)22-18-11-6-5-7-13-20(18)30-24(22)27-21(28)15-25-14-16(2)3/h8-10,12,16,25H,4-7,11,13-15H2,1-3H3,(H,26,29)(H,27,28)/p+1. The fourth-order valence-corrected chi connectivity index (χ4v) is 5.23. The minimum absolute atomic E-state index is 0.0462. The molecular weight excluding hydrogens is 394 g/mol. The number of amides is 2. The summed E-state index contributed by atoms with van der Waals surface area (Å²) in [5.41, 5.74) is 3.76. The number of anilines is 2. The number of rotatable bonds is 8. The quantitative estimate of drug-likeness (QED) is 0.556. The lowest BCUT2D eigenvalue weighted by atomic mass is 10.0. The van der Waals surface area contributed by atoms with Crippen molar-refractivity contribution in [2.75, 3.05) is 23.7 Å². The van der Waals surface area contributed by atoms with Crippen molar-refractivity contribution in [2.45, 2.75) is 59.3 Å². The first-order valence-corrected chi connectivity index (χ1v) is 12.0. The Bertz CT molecular complexity index is 889. The Morgan fingerprint density at radius 1 is 1.10 bits per heavy atom. The monoisotopic (exact) mass is 428 g/mol. The molecule has 5 nitrogen and oxygen atoms in total. The molecule has 0 saturated carbocycles. The second kappa shape index (κ2) is 10.7. The Hall–Kier alpha value is -2.18. The number of hydrogen-bond donors (Lipinski definition) is 3. The summed E-state index contributed by atoms with van der Waals surface area (Å²) < 4.78 is 0. The van der Waals surface area contributed by atoms with Gasteiger partial charge in [0.05, 0.1) is 12.1 Å². The lowest BCUT2D eigenvalue weighted by molar-refractivity contribution is -0.648. The van der Waals surface area contributed by atoms with Crippen molar-refractivity contribution in [1.29, 1.82) is 0 Å². The van der Waals surface area contributed by atoms with Crippen molar-refractivity contribution in [1.82, 2.24) is 0 Å². The Morgan fingerprint density at radius 3 is 2.63 bits per heavy atom. The van der Waals surface area contributed by atoms with Crippen molar-refractivity contribution in [3.8, 4) is 0 Å². The second-order valence-electron chi connectivity index (χ2n) is 8.40. The van der Waals surface area contributed by atoms with Gasteiger partial charge in [-0.05, 0) is 49.3 Å². The van der Waals surface area contributed by atoms with Gasteiger partial charge in [-0.2, -0.15) is 0 Å². The molecule has 0 aliphatic heterocycles. The van der Waals surface area contributed by atoms with E-state index in [1.165, 1.54) is 11.3 Å². The number of nitrogens with one attached hydrogen (secondary N) is 2. The molecule has 0 saturated heterocycles. The number of thiophene rings is 1. The summed E-state index contributed by atoms with van der Waals surface area (Å²) in [6.07, 6.45) is 6.16. The van der Waals surface area contributed by atoms with Gasteiger partial charge in [0.1, 0.15) is 5.00 Å². The molecule has 2 amide bonds. The van der Waals surface area contributed by atoms with E-state index >= 15 is 0 Å². The Morgan fingerprint density at radius 2 is 1.87 bits per heavy atom. The van der Waals surface area contributed by atoms with E-state index in [1.807, 2.05) is 29.6 Å². The summed E-state index contributed by atoms with van der Waals surface area (Å²) in [7, 11) is 0. The first-order valence-electron chi connectivity index (χ1n) is 11.1. The molecule has 4 N–H and O–H groups in total. The minimum Gasteiger partial charge on any atom is -0.338 e. The highest BCUT2D eigenvalue weighted by Gasteiger charge is 2.26. The zero-order valence-electron chi connectivity index (χ0n) is 18.3. The topological polar surface area (TPSA) is 74.8 Å². The van der Waals surface area contributed by atoms with Crippen LogP contribution in [0.5, 0.6) is 0 Å². The van der Waals surface area contributed by atoms with Crippen LogP contribution in [0.3, 0.4) is 0 Å². The summed E-state index contributed by atoms with van der Waals surface area (Å²) in [6.45, 7) is 7.65. The summed E-state index contributed by atoms with van der Waals surface area (Å²) >= 11 is 1.59. The van der Waals surface area contributed by atoms with E-state index in [0.29, 0.717) is 23.0 Å². The molecule has 0 unspecified atom stereocenters. The summed E-state index contributed by atoms with van der Waals surface area (Å²) in [6, 6.07) is 7.92. The van der Waals surface area contributed by atoms with Gasteiger partial charge in [-0.3, -0.25) is 9.59 Å². The van der Waals surface area contributed by atoms with Gasteiger partial charge in [-0.15, -0.1) is 11.3 Å². The molecular formula is C24H34N3O2S+. The largest absolute Gasteiger partial charge is 0.338 e. The number of quaternary nitrogens is 1. The number of nitrogens with two attached hydrogens (primary N) is 1. The summed E-state index contributed by atoms with van der Waals surface area (Å²) in [5, 5.41) is 8.89. The SMILES string of the molecule is CCc1ccccc1NC(=O)c1c(NC(=O)C[NH2+]CC(C)C)sc2c1CCCCC2. The van der Waals surface area contributed by atoms with Crippen LogP contribution in [0.15, 0.2) is 24.3 Å². The molecule has 0 bridgehead atoms. The number of benzene rings is 1. The van der Waals surface area contributed by atoms with Crippen LogP contribution in [0.25, 0.3) is 0 Å². The summed E-state index contributed by atoms with van der Waals surface area (Å²) in [5.74, 6) is 0.377. The third kappa shape index (κ3) is 5.70. The third-order valence-corrected chi connectivity index (χ3v) is 6.72. The van der Waals surface area contributed by atoms with E-state index in [1.54, 1.807) is 11.3 Å². The molecule has 162 valence electrons. The van der Waals surface area contributed by atoms with Crippen LogP contribution < -0.4 is 16.0 Å². The van der Waals surface area contributed by atoms with Gasteiger partial charge < -0.3 is 16.0 Å². The average molecular weight is 429 g/mol. The van der Waals surface area contributed by atoms with E-state index in [2.05, 4.69) is 31.4 Å². The van der Waals surface area contributed by atoms with Crippen molar-refractivity contribution < 1.29 is 14.9 Å². The number of aryl methyl sites for hydroxylation is 2. The molecule has 0 radical (unpaired) electrons. The van der Waals surface area contributed by atoms with Crippen molar-refractivity contribution >= 4 is 33.8 Å². The molecule has 1 aromatic heterocycles. The molecule has 1 heterocycles. The fraction of sp³-hybridized carbons (Fsp3) is 0.500. The number of para-hydroxylation sites is 1. The maximum Gasteiger partial charge on any atom is 0.280 e. The normalized spacial score (nSPS) is 13.6. The predicted molar refractivity (Wildman–Crippen MR) is 124 cm³/mol. The Balaban J connectivity index is 1.84. The maximum absolute atomic E-state index is 13.4. The Labute approximate surface area is 183 Å². The van der Waals surface area contributed by atoms with Gasteiger partial charge in [0.2, 0.25) is 0 Å². The molecule has 30 heavy (non-hydrogen) atoms. The Kier molecular flexibility index (Phi) is 8.05. The first-order chi connectivity index (χ1) is 14.5. The molecule has 2 aromatic rings. The fourth-order valence-electron chi connectivity index (χ4n) is 3.93. The van der Waals surface area contributed by atoms with Crippen LogP contribution >= 0.6 is 11.3 Å². The van der Waals surface area contributed by atoms with Crippen LogP contribution in [-0.2, 0) is 24.1 Å². The number of hydrogen-bond acceptors (Lipinski definition) is 3. The number of carbonyl (C=O) groups excluding carboxylic acids is 2. The van der Waals surface area contributed by atoms with E-state index in [0.717, 1.165) is 55.5 Å². The predicted octanol–water partition coefficient (Wildman–Crippen LogP) is 3.99. The van der Waals surface area contributed by atoms with E-state index in [-0.39, 0.29) is 11.8 Å². The molecule has 3 rings (SSSR count). The third-order valence-electron chi connectivity index (χ3n) is 5.52. The molecule has 6 heteroatoms. The van der Waals surface area contributed by atoms with Gasteiger partial charge in [0, 0.05) is 16.5 Å². The smallest absolute Gasteiger partial charge is 0.280 e. The van der Waals surface area contributed by atoms with Crippen LogP contribution in [-0.4, -0.2) is 24.9 Å². The zero-order valence-corrected chi connectivity index (χ0v) is 19.2. The van der Waals surface area contributed by atoms with E-state index in [9.17, 15) is 9.59 Å². The highest BCUT2D eigenvalue weighted by molar-refractivity contribution is 7.17. The van der Waals surface area contributed by atoms with Crippen LogP contribution in [0.1, 0.15) is 66.4 Å². The lowest BCUT2D eigenvalue weighted by Crippen LogP contribution is -2.87. The maximum atomic E-state index is 13.4. The van der Waals surface area contributed by atoms with Crippen molar-refractivity contribution in [2.24, 2.45) is 5.92 Å². The van der Waals surface area contributed by atoms with Gasteiger partial charge in [-0.25, -0.2) is 0 Å². The molecule has 1 aliphatic carbocycles. The van der Waals surface area contributed by atoms with E-state index < -0.39 is 0 Å². The average Bonchev–Trinajstić information content (AvgIpc) is 2.88. The van der Waals surface area contributed by atoms with Crippen molar-refractivity contribution in [3.63, 3.8) is 0 Å². The van der Waals surface area contributed by atoms with Gasteiger partial charge >= 0.3 is 0 Å². The summed E-state index contributed by atoms with van der Waals surface area (Å²) in [4.78, 5) is 27.2. The molecule has 0 atom stereocenters. The highest BCUT2D eigenvalue weighted by atomic mass is 32.1. The number of fused-ring (bicyclic) bond motifs is 1. The molecule has 1 aliphatic rings. The molecule has 1 aromatic carbocycles. The van der Waals surface area contributed by atoms with Gasteiger partial charge in [0.15, 0.2) is 6.54 Å². The molecule has 0 spiro atoms. The first kappa shape index (κ1) is 22.5. The van der Waals surface area contributed by atoms with Crippen molar-refractivity contribution in [3.05, 3.63) is 45.8 Å². The van der Waals surface area contributed by atoms with Crippen LogP contribution in [0.2, 0.25) is 0 Å². The van der Waals surface area contributed by atoms with Gasteiger partial charge in [-0.1, -0.05) is 45.4 Å². The minimum atomic E-state index is -0.114. The second-order valence-corrected chi connectivity index (χ2v) is 9.51. The number of carbonyl (C=O) groups is 2. The van der Waals surface area contributed by atoms with Gasteiger partial charge in [0.25, 0.3) is 11.8 Å². The van der Waals surface area contributed by atoms with E-state index in [4.69, 9.17) is 0 Å². The van der Waals surface area contributed by atoms with Crippen LogP contribution in [0, 0.1) is 5.92 Å². The molecule has 0 fully saturated rings. The zero-order chi connectivity index (χ0) is 21.5. The van der Waals surface area contributed by atoms with Crippen LogP contribution in [0.4, 0.5) is 10.7 Å². The lowest BCUT2D eigenvalue weighted by Gasteiger charge is -2.12. The highest BCUT2D eigenvalue weighted by Crippen LogP contribution is 2.38.